The molecule has 1 aromatic carbocycles. The van der Waals surface area contributed by atoms with Gasteiger partial charge in [-0.25, -0.2) is 0 Å². The first-order valence-corrected chi connectivity index (χ1v) is 5.46. The van der Waals surface area contributed by atoms with Gasteiger partial charge >= 0.3 is 0 Å². The molecule has 16 heavy (non-hydrogen) atoms. The van der Waals surface area contributed by atoms with Crippen molar-refractivity contribution >= 4 is 5.84 Å². The lowest BCUT2D eigenvalue weighted by Crippen LogP contribution is -2.12. The summed E-state index contributed by atoms with van der Waals surface area (Å²) in [5.74, 6) is 0.846. The maximum Gasteiger partial charge on any atom is 0.122 e. The van der Waals surface area contributed by atoms with Crippen molar-refractivity contribution in [1.82, 2.24) is 0 Å². The zero-order valence-electron chi connectivity index (χ0n) is 10.2. The number of rotatable bonds is 4. The van der Waals surface area contributed by atoms with Crippen LogP contribution in [0.15, 0.2) is 24.3 Å². The van der Waals surface area contributed by atoms with Crippen LogP contribution in [-0.4, -0.2) is 12.4 Å². The van der Waals surface area contributed by atoms with Gasteiger partial charge in [0.1, 0.15) is 11.6 Å². The third-order valence-electron chi connectivity index (χ3n) is 2.27. The molecule has 0 radical (unpaired) electrons. The van der Waals surface area contributed by atoms with Crippen LogP contribution in [0.4, 0.5) is 0 Å². The lowest BCUT2D eigenvalue weighted by molar-refractivity contribution is 0.243. The number of benzene rings is 1. The minimum absolute atomic E-state index is 0.0706. The molecule has 0 atom stereocenters. The van der Waals surface area contributed by atoms with Gasteiger partial charge in [0.05, 0.1) is 6.61 Å². The molecule has 0 spiro atoms. The van der Waals surface area contributed by atoms with Gasteiger partial charge in [-0.2, -0.15) is 0 Å². The number of nitrogens with one attached hydrogen (secondary N) is 1. The summed E-state index contributed by atoms with van der Waals surface area (Å²) in [7, 11) is 0. The topological polar surface area (TPSA) is 59.1 Å². The van der Waals surface area contributed by atoms with Crippen LogP contribution in [0.5, 0.6) is 5.75 Å². The minimum Gasteiger partial charge on any atom is -0.494 e. The summed E-state index contributed by atoms with van der Waals surface area (Å²) in [5, 5.41) is 7.33. The Morgan fingerprint density at radius 2 is 2.06 bits per heavy atom. The number of nitrogen functional groups attached to an aromatic ring is 1. The molecule has 0 aliphatic heterocycles. The summed E-state index contributed by atoms with van der Waals surface area (Å²) in [4.78, 5) is 0. The third-order valence-corrected chi connectivity index (χ3v) is 2.27. The molecule has 0 saturated carbocycles. The molecule has 0 aliphatic rings. The summed E-state index contributed by atoms with van der Waals surface area (Å²) in [6.07, 6.45) is 0.997. The van der Waals surface area contributed by atoms with E-state index in [0.717, 1.165) is 12.2 Å². The zero-order chi connectivity index (χ0) is 12.2. The van der Waals surface area contributed by atoms with Crippen LogP contribution in [0.25, 0.3) is 0 Å². The molecule has 1 aromatic rings. The van der Waals surface area contributed by atoms with E-state index in [9.17, 15) is 0 Å². The van der Waals surface area contributed by atoms with Crippen molar-refractivity contribution in [3.63, 3.8) is 0 Å². The normalized spacial score (nSPS) is 11.2. The first-order chi connectivity index (χ1) is 7.38. The molecule has 0 amide bonds. The Kier molecular flexibility index (Phi) is 3.93. The van der Waals surface area contributed by atoms with Gasteiger partial charge in [-0.1, -0.05) is 32.9 Å². The first kappa shape index (κ1) is 12.6. The predicted molar refractivity (Wildman–Crippen MR) is 67.0 cm³/mol. The molecule has 0 unspecified atom stereocenters. The number of hydrogen-bond acceptors (Lipinski definition) is 2. The summed E-state index contributed by atoms with van der Waals surface area (Å²) < 4.78 is 5.62. The Labute approximate surface area is 97.1 Å². The third kappa shape index (κ3) is 4.34. The van der Waals surface area contributed by atoms with Crippen LogP contribution >= 0.6 is 0 Å². The quantitative estimate of drug-likeness (QED) is 0.605. The molecule has 0 heterocycles. The van der Waals surface area contributed by atoms with Crippen molar-refractivity contribution in [3.05, 3.63) is 29.8 Å². The molecular formula is C13H20N2O. The van der Waals surface area contributed by atoms with Gasteiger partial charge in [-0.05, 0) is 24.0 Å². The fourth-order valence-corrected chi connectivity index (χ4v) is 1.23. The van der Waals surface area contributed by atoms with Gasteiger partial charge in [0.15, 0.2) is 0 Å². The minimum atomic E-state index is 0.0706. The van der Waals surface area contributed by atoms with Crippen LogP contribution in [0.1, 0.15) is 32.8 Å². The van der Waals surface area contributed by atoms with Crippen molar-refractivity contribution in [2.24, 2.45) is 11.1 Å². The maximum atomic E-state index is 7.33. The molecule has 3 heteroatoms. The average molecular weight is 220 g/mol. The summed E-state index contributed by atoms with van der Waals surface area (Å²) in [6, 6.07) is 7.34. The van der Waals surface area contributed by atoms with E-state index in [2.05, 4.69) is 20.8 Å². The Morgan fingerprint density at radius 3 is 2.62 bits per heavy atom. The highest BCUT2D eigenvalue weighted by atomic mass is 16.5. The van der Waals surface area contributed by atoms with E-state index in [4.69, 9.17) is 15.9 Å². The van der Waals surface area contributed by atoms with Crippen molar-refractivity contribution < 1.29 is 4.74 Å². The lowest BCUT2D eigenvalue weighted by atomic mass is 9.93. The Bertz CT molecular complexity index is 366. The van der Waals surface area contributed by atoms with Crippen molar-refractivity contribution in [2.45, 2.75) is 27.2 Å². The van der Waals surface area contributed by atoms with Gasteiger partial charge in [0.25, 0.3) is 0 Å². The summed E-state index contributed by atoms with van der Waals surface area (Å²) in [6.45, 7) is 7.23. The molecule has 0 fully saturated rings. The Balaban J connectivity index is 2.55. The standard InChI is InChI=1S/C13H20N2O/c1-13(2,3)7-8-16-11-6-4-5-10(9-11)12(14)15/h4-6,9H,7-8H2,1-3H3,(H3,14,15). The number of amidine groups is 1. The molecule has 3 N–H and O–H groups in total. The molecular weight excluding hydrogens is 200 g/mol. The lowest BCUT2D eigenvalue weighted by Gasteiger charge is -2.18. The second kappa shape index (κ2) is 5.01. The van der Waals surface area contributed by atoms with E-state index < -0.39 is 0 Å². The second-order valence-electron chi connectivity index (χ2n) is 5.10. The van der Waals surface area contributed by atoms with Crippen LogP contribution in [0.3, 0.4) is 0 Å². The highest BCUT2D eigenvalue weighted by Crippen LogP contribution is 2.20. The molecule has 0 saturated heterocycles. The largest absolute Gasteiger partial charge is 0.494 e. The van der Waals surface area contributed by atoms with Gasteiger partial charge in [-0.3, -0.25) is 5.41 Å². The van der Waals surface area contributed by atoms with E-state index in [-0.39, 0.29) is 11.3 Å². The van der Waals surface area contributed by atoms with E-state index in [0.29, 0.717) is 12.2 Å². The van der Waals surface area contributed by atoms with E-state index >= 15 is 0 Å². The molecule has 0 aromatic heterocycles. The SMILES string of the molecule is CC(C)(C)CCOc1cccc(C(=N)N)c1. The Hall–Kier alpha value is -1.51. The fourth-order valence-electron chi connectivity index (χ4n) is 1.23. The number of hydrogen-bond donors (Lipinski definition) is 2. The molecule has 3 nitrogen and oxygen atoms in total. The predicted octanol–water partition coefficient (Wildman–Crippen LogP) is 2.79. The van der Waals surface area contributed by atoms with E-state index in [1.807, 2.05) is 12.1 Å². The highest BCUT2D eigenvalue weighted by molar-refractivity contribution is 5.95. The van der Waals surface area contributed by atoms with Crippen LogP contribution < -0.4 is 10.5 Å². The van der Waals surface area contributed by atoms with Crippen molar-refractivity contribution in [3.8, 4) is 5.75 Å². The average Bonchev–Trinajstić information content (AvgIpc) is 2.16. The van der Waals surface area contributed by atoms with Gasteiger partial charge < -0.3 is 10.5 Å². The van der Waals surface area contributed by atoms with Gasteiger partial charge in [-0.15, -0.1) is 0 Å². The van der Waals surface area contributed by atoms with Crippen molar-refractivity contribution in [2.75, 3.05) is 6.61 Å². The highest BCUT2D eigenvalue weighted by Gasteiger charge is 2.09. The fraction of sp³-hybridized carbons (Fsp3) is 0.462. The molecule has 0 bridgehead atoms. The van der Waals surface area contributed by atoms with Crippen molar-refractivity contribution in [1.29, 1.82) is 5.41 Å². The zero-order valence-corrected chi connectivity index (χ0v) is 10.2. The summed E-state index contributed by atoms with van der Waals surface area (Å²) in [5.41, 5.74) is 6.39. The van der Waals surface area contributed by atoms with E-state index in [1.54, 1.807) is 12.1 Å². The van der Waals surface area contributed by atoms with Crippen LogP contribution in [-0.2, 0) is 0 Å². The molecule has 1 rings (SSSR count). The van der Waals surface area contributed by atoms with E-state index in [1.165, 1.54) is 0 Å². The van der Waals surface area contributed by atoms with Gasteiger partial charge in [0.2, 0.25) is 0 Å². The summed E-state index contributed by atoms with van der Waals surface area (Å²) >= 11 is 0. The maximum absolute atomic E-state index is 7.33. The second-order valence-corrected chi connectivity index (χ2v) is 5.10. The van der Waals surface area contributed by atoms with Gasteiger partial charge in [0, 0.05) is 5.56 Å². The smallest absolute Gasteiger partial charge is 0.122 e. The molecule has 0 aliphatic carbocycles. The number of ether oxygens (including phenoxy) is 1. The Morgan fingerprint density at radius 1 is 1.38 bits per heavy atom. The molecule has 88 valence electrons. The number of nitrogens with two attached hydrogens (primary N) is 1. The monoisotopic (exact) mass is 220 g/mol. The van der Waals surface area contributed by atoms with Crippen LogP contribution in [0, 0.1) is 10.8 Å². The van der Waals surface area contributed by atoms with Crippen LogP contribution in [0.2, 0.25) is 0 Å². The first-order valence-electron chi connectivity index (χ1n) is 5.46.